The molecule has 0 unspecified atom stereocenters. The molecule has 0 aliphatic heterocycles. The average Bonchev–Trinajstić information content (AvgIpc) is 3.11. The molecule has 1 saturated carbocycles. The second kappa shape index (κ2) is 7.44. The molecule has 3 aromatic rings. The maximum atomic E-state index is 12.4. The lowest BCUT2D eigenvalue weighted by atomic mass is 9.87. The molecule has 2 aromatic carbocycles. The van der Waals surface area contributed by atoms with Gasteiger partial charge in [-0.05, 0) is 68.2 Å². The van der Waals surface area contributed by atoms with Gasteiger partial charge >= 0.3 is 0 Å². The molecular weight excluding hydrogens is 376 g/mol. The number of hydrazone groups is 1. The van der Waals surface area contributed by atoms with Gasteiger partial charge < -0.3 is 0 Å². The molecule has 6 heteroatoms. The number of hydrogen-bond donors (Lipinski definition) is 1. The van der Waals surface area contributed by atoms with Gasteiger partial charge in [0.25, 0.3) is 10.0 Å². The van der Waals surface area contributed by atoms with E-state index in [0.29, 0.717) is 5.92 Å². The van der Waals surface area contributed by atoms with E-state index >= 15 is 0 Å². The zero-order chi connectivity index (χ0) is 18.9. The molecule has 4 rings (SSSR count). The monoisotopic (exact) mass is 398 g/mol. The van der Waals surface area contributed by atoms with Crippen LogP contribution in [0, 0.1) is 6.92 Å². The number of nitrogens with one attached hydrogen (secondary N) is 1. The molecule has 1 aromatic heterocycles. The van der Waals surface area contributed by atoms with Crippen LogP contribution in [0.1, 0.15) is 42.0 Å². The number of benzene rings is 2. The van der Waals surface area contributed by atoms with Crippen LogP contribution in [0.25, 0.3) is 10.1 Å². The summed E-state index contributed by atoms with van der Waals surface area (Å²) < 4.78 is 26.0. The molecule has 0 saturated heterocycles. The minimum atomic E-state index is -3.59. The third kappa shape index (κ3) is 4.06. The lowest BCUT2D eigenvalue weighted by molar-refractivity contribution is 0.567. The molecular formula is C21H22N2O2S2. The van der Waals surface area contributed by atoms with Gasteiger partial charge in [0.05, 0.1) is 4.90 Å². The molecule has 1 aliphatic rings. The van der Waals surface area contributed by atoms with E-state index in [1.54, 1.807) is 24.3 Å². The Balaban J connectivity index is 1.40. The van der Waals surface area contributed by atoms with Gasteiger partial charge in [-0.1, -0.05) is 35.9 Å². The Morgan fingerprint density at radius 2 is 1.74 bits per heavy atom. The number of nitrogens with zero attached hydrogens (tertiary/aromatic N) is 1. The molecule has 1 heterocycles. The summed E-state index contributed by atoms with van der Waals surface area (Å²) in [5, 5.41) is 5.51. The summed E-state index contributed by atoms with van der Waals surface area (Å²) in [6, 6.07) is 17.6. The van der Waals surface area contributed by atoms with Crippen LogP contribution in [0.2, 0.25) is 0 Å². The smallest absolute Gasteiger partial charge is 0.200 e. The van der Waals surface area contributed by atoms with Crippen molar-refractivity contribution in [2.45, 2.75) is 43.4 Å². The molecule has 1 N–H and O–H groups in total. The van der Waals surface area contributed by atoms with Crippen LogP contribution < -0.4 is 4.83 Å². The number of aryl methyl sites for hydroxylation is 1. The van der Waals surface area contributed by atoms with E-state index in [1.165, 1.54) is 15.0 Å². The summed E-state index contributed by atoms with van der Waals surface area (Å²) in [4.78, 5) is 4.08. The van der Waals surface area contributed by atoms with Crippen molar-refractivity contribution in [3.05, 3.63) is 65.0 Å². The summed E-state index contributed by atoms with van der Waals surface area (Å²) >= 11 is 1.87. The largest absolute Gasteiger partial charge is 0.276 e. The number of thiophene rings is 1. The Kier molecular flexibility index (Phi) is 5.02. The zero-order valence-corrected chi connectivity index (χ0v) is 16.8. The lowest BCUT2D eigenvalue weighted by Crippen LogP contribution is -2.22. The van der Waals surface area contributed by atoms with Crippen LogP contribution in [-0.4, -0.2) is 14.1 Å². The Bertz CT molecular complexity index is 1040. The summed E-state index contributed by atoms with van der Waals surface area (Å²) in [5.74, 6) is 0.537. The Labute approximate surface area is 164 Å². The van der Waals surface area contributed by atoms with Gasteiger partial charge in [-0.15, -0.1) is 11.3 Å². The second-order valence-electron chi connectivity index (χ2n) is 7.05. The Morgan fingerprint density at radius 1 is 1.04 bits per heavy atom. The van der Waals surface area contributed by atoms with Gasteiger partial charge in [0.2, 0.25) is 0 Å². The fourth-order valence-electron chi connectivity index (χ4n) is 3.45. The summed E-state index contributed by atoms with van der Waals surface area (Å²) in [7, 11) is -3.59. The van der Waals surface area contributed by atoms with Crippen molar-refractivity contribution in [2.75, 3.05) is 0 Å². The highest BCUT2D eigenvalue weighted by Gasteiger charge is 2.22. The first-order valence-corrected chi connectivity index (χ1v) is 11.4. The molecule has 27 heavy (non-hydrogen) atoms. The maximum absolute atomic E-state index is 12.4. The summed E-state index contributed by atoms with van der Waals surface area (Å²) in [5.41, 5.74) is 1.96. The van der Waals surface area contributed by atoms with E-state index in [2.05, 4.69) is 40.3 Å². The highest BCUT2D eigenvalue weighted by Crippen LogP contribution is 2.38. The highest BCUT2D eigenvalue weighted by molar-refractivity contribution is 7.89. The van der Waals surface area contributed by atoms with Gasteiger partial charge in [0.15, 0.2) is 0 Å². The predicted octanol–water partition coefficient (Wildman–Crippen LogP) is 5.20. The van der Waals surface area contributed by atoms with E-state index in [9.17, 15) is 8.42 Å². The molecule has 0 radical (unpaired) electrons. The maximum Gasteiger partial charge on any atom is 0.276 e. The van der Waals surface area contributed by atoms with E-state index in [1.807, 2.05) is 18.3 Å². The highest BCUT2D eigenvalue weighted by atomic mass is 32.2. The van der Waals surface area contributed by atoms with E-state index in [4.69, 9.17) is 0 Å². The predicted molar refractivity (Wildman–Crippen MR) is 112 cm³/mol. The van der Waals surface area contributed by atoms with Crippen LogP contribution in [0.15, 0.2) is 64.6 Å². The van der Waals surface area contributed by atoms with Crippen molar-refractivity contribution >= 4 is 37.2 Å². The SMILES string of the molecule is Cc1ccc(S(=O)(=O)NN=C2CCC(c3cc4ccccc4s3)CC2)cc1. The molecule has 4 nitrogen and oxygen atoms in total. The van der Waals surface area contributed by atoms with Gasteiger partial charge in [-0.2, -0.15) is 13.5 Å². The standard InChI is InChI=1S/C21H22N2O2S2/c1-15-6-12-19(13-7-15)27(24,25)23-22-18-10-8-16(9-11-18)21-14-17-4-2-3-5-20(17)26-21/h2-7,12-14,16,23H,8-11H2,1H3. The van der Waals surface area contributed by atoms with Crippen molar-refractivity contribution in [1.82, 2.24) is 4.83 Å². The zero-order valence-electron chi connectivity index (χ0n) is 15.2. The molecule has 0 bridgehead atoms. The van der Waals surface area contributed by atoms with Crippen LogP contribution in [0.5, 0.6) is 0 Å². The van der Waals surface area contributed by atoms with Crippen LogP contribution >= 0.6 is 11.3 Å². The average molecular weight is 399 g/mol. The fraction of sp³-hybridized carbons (Fsp3) is 0.286. The van der Waals surface area contributed by atoms with Crippen molar-refractivity contribution in [3.63, 3.8) is 0 Å². The molecule has 0 atom stereocenters. The minimum absolute atomic E-state index is 0.247. The number of rotatable bonds is 4. The van der Waals surface area contributed by atoms with Crippen molar-refractivity contribution < 1.29 is 8.42 Å². The van der Waals surface area contributed by atoms with E-state index in [0.717, 1.165) is 37.0 Å². The second-order valence-corrected chi connectivity index (χ2v) is 9.82. The normalized spacial score (nSPS) is 17.8. The number of hydrogen-bond acceptors (Lipinski definition) is 4. The first-order valence-electron chi connectivity index (χ1n) is 9.14. The third-order valence-corrected chi connectivity index (χ3v) is 7.57. The topological polar surface area (TPSA) is 58.5 Å². The van der Waals surface area contributed by atoms with Gasteiger partial charge in [0, 0.05) is 15.3 Å². The first-order chi connectivity index (χ1) is 13.0. The first kappa shape index (κ1) is 18.2. The van der Waals surface area contributed by atoms with Gasteiger partial charge in [-0.25, -0.2) is 4.83 Å². The Morgan fingerprint density at radius 3 is 2.44 bits per heavy atom. The number of sulfonamides is 1. The molecule has 0 amide bonds. The van der Waals surface area contributed by atoms with Crippen molar-refractivity contribution in [3.8, 4) is 0 Å². The van der Waals surface area contributed by atoms with Crippen LogP contribution in [-0.2, 0) is 10.0 Å². The minimum Gasteiger partial charge on any atom is -0.200 e. The van der Waals surface area contributed by atoms with Crippen molar-refractivity contribution in [2.24, 2.45) is 5.10 Å². The fourth-order valence-corrected chi connectivity index (χ4v) is 5.53. The van der Waals surface area contributed by atoms with Gasteiger partial charge in [-0.3, -0.25) is 0 Å². The lowest BCUT2D eigenvalue weighted by Gasteiger charge is -2.22. The molecule has 140 valence electrons. The van der Waals surface area contributed by atoms with Crippen LogP contribution in [0.3, 0.4) is 0 Å². The number of fused-ring (bicyclic) bond motifs is 1. The summed E-state index contributed by atoms with van der Waals surface area (Å²) in [6.45, 7) is 1.93. The van der Waals surface area contributed by atoms with Crippen molar-refractivity contribution in [1.29, 1.82) is 0 Å². The van der Waals surface area contributed by atoms with Gasteiger partial charge in [0.1, 0.15) is 0 Å². The van der Waals surface area contributed by atoms with E-state index < -0.39 is 10.0 Å². The third-order valence-electron chi connectivity index (χ3n) is 5.06. The quantitative estimate of drug-likeness (QED) is 0.614. The molecule has 0 spiro atoms. The summed E-state index contributed by atoms with van der Waals surface area (Å²) in [6.07, 6.45) is 3.68. The Hall–Kier alpha value is -2.18. The van der Waals surface area contributed by atoms with Crippen LogP contribution in [0.4, 0.5) is 0 Å². The molecule has 1 aliphatic carbocycles. The van der Waals surface area contributed by atoms with E-state index in [-0.39, 0.29) is 4.90 Å². The molecule has 1 fully saturated rings.